The van der Waals surface area contributed by atoms with Crippen molar-refractivity contribution in [1.29, 1.82) is 0 Å². The molecule has 1 aromatic carbocycles. The highest BCUT2D eigenvalue weighted by molar-refractivity contribution is 5.85. The first-order valence-electron chi connectivity index (χ1n) is 5.34. The van der Waals surface area contributed by atoms with Crippen molar-refractivity contribution in [2.45, 2.75) is 26.7 Å². The van der Waals surface area contributed by atoms with Crippen LogP contribution in [0.4, 0.5) is 0 Å². The smallest absolute Gasteiger partial charge is 0.314 e. The summed E-state index contributed by atoms with van der Waals surface area (Å²) in [6.45, 7) is 4.36. The lowest BCUT2D eigenvalue weighted by Gasteiger charge is -2.40. The second-order valence-corrected chi connectivity index (χ2v) is 5.00. The third kappa shape index (κ3) is 2.99. The van der Waals surface area contributed by atoms with E-state index in [2.05, 4.69) is 13.8 Å². The van der Waals surface area contributed by atoms with E-state index in [1.54, 1.807) is 0 Å². The molecule has 0 atom stereocenters. The molecule has 0 unspecified atom stereocenters. The highest BCUT2D eigenvalue weighted by atomic mass is 35.5. The molecule has 88 valence electrons. The third-order valence-corrected chi connectivity index (χ3v) is 2.89. The van der Waals surface area contributed by atoms with Gasteiger partial charge in [0.1, 0.15) is 5.75 Å². The number of benzene rings is 1. The summed E-state index contributed by atoms with van der Waals surface area (Å²) in [5.41, 5.74) is 0.320. The van der Waals surface area contributed by atoms with E-state index in [9.17, 15) is 4.79 Å². The van der Waals surface area contributed by atoms with Gasteiger partial charge in [-0.15, -0.1) is 12.4 Å². The molecule has 3 heteroatoms. The Labute approximate surface area is 102 Å². The zero-order valence-electron chi connectivity index (χ0n) is 9.60. The van der Waals surface area contributed by atoms with Gasteiger partial charge in [0.25, 0.3) is 0 Å². The van der Waals surface area contributed by atoms with Gasteiger partial charge in [-0.2, -0.15) is 0 Å². The number of hydrogen-bond donors (Lipinski definition) is 0. The first-order valence-corrected chi connectivity index (χ1v) is 5.34. The predicted octanol–water partition coefficient (Wildman–Crippen LogP) is 3.45. The van der Waals surface area contributed by atoms with Crippen molar-refractivity contribution >= 4 is 18.4 Å². The van der Waals surface area contributed by atoms with E-state index >= 15 is 0 Å². The van der Waals surface area contributed by atoms with Crippen LogP contribution in [0.1, 0.15) is 26.7 Å². The Morgan fingerprint density at radius 3 is 2.31 bits per heavy atom. The Bertz CT molecular complexity index is 351. The van der Waals surface area contributed by atoms with E-state index < -0.39 is 0 Å². The third-order valence-electron chi connectivity index (χ3n) is 2.89. The predicted molar refractivity (Wildman–Crippen MR) is 65.8 cm³/mol. The number of para-hydroxylation sites is 1. The molecule has 0 radical (unpaired) electrons. The summed E-state index contributed by atoms with van der Waals surface area (Å²) in [6, 6.07) is 9.26. The Hall–Kier alpha value is -1.02. The maximum Gasteiger partial charge on any atom is 0.314 e. The second-order valence-electron chi connectivity index (χ2n) is 5.00. The molecule has 0 aliphatic heterocycles. The summed E-state index contributed by atoms with van der Waals surface area (Å²) < 4.78 is 5.27. The highest BCUT2D eigenvalue weighted by Gasteiger charge is 2.41. The Kier molecular flexibility index (Phi) is 3.98. The molecule has 0 saturated heterocycles. The van der Waals surface area contributed by atoms with Crippen molar-refractivity contribution in [2.75, 3.05) is 0 Å². The summed E-state index contributed by atoms with van der Waals surface area (Å²) >= 11 is 0. The minimum Gasteiger partial charge on any atom is -0.426 e. The van der Waals surface area contributed by atoms with Crippen LogP contribution < -0.4 is 4.74 Å². The van der Waals surface area contributed by atoms with Gasteiger partial charge in [0, 0.05) is 0 Å². The van der Waals surface area contributed by atoms with Crippen molar-refractivity contribution in [2.24, 2.45) is 11.3 Å². The van der Waals surface area contributed by atoms with Gasteiger partial charge in [-0.1, -0.05) is 32.0 Å². The van der Waals surface area contributed by atoms with Crippen LogP contribution >= 0.6 is 12.4 Å². The Morgan fingerprint density at radius 2 is 1.81 bits per heavy atom. The number of rotatable bonds is 2. The molecule has 1 saturated carbocycles. The summed E-state index contributed by atoms with van der Waals surface area (Å²) in [6.07, 6.45) is 1.89. The zero-order chi connectivity index (χ0) is 10.9. The number of carbonyl (C=O) groups is 1. The highest BCUT2D eigenvalue weighted by Crippen LogP contribution is 2.45. The molecule has 0 bridgehead atoms. The summed E-state index contributed by atoms with van der Waals surface area (Å²) in [4.78, 5) is 11.7. The molecular formula is C13H17ClO2. The van der Waals surface area contributed by atoms with E-state index in [-0.39, 0.29) is 24.3 Å². The molecule has 2 rings (SSSR count). The lowest BCUT2D eigenvalue weighted by atomic mass is 9.64. The summed E-state index contributed by atoms with van der Waals surface area (Å²) in [7, 11) is 0. The molecule has 1 fully saturated rings. The summed E-state index contributed by atoms with van der Waals surface area (Å²) in [5.74, 6) is 0.660. The van der Waals surface area contributed by atoms with Crippen LogP contribution in [-0.4, -0.2) is 5.97 Å². The van der Waals surface area contributed by atoms with Gasteiger partial charge in [0.2, 0.25) is 0 Å². The lowest BCUT2D eigenvalue weighted by Crippen LogP contribution is -2.38. The molecule has 0 aromatic heterocycles. The van der Waals surface area contributed by atoms with Crippen molar-refractivity contribution in [1.82, 2.24) is 0 Å². The molecule has 0 amide bonds. The fraction of sp³-hybridized carbons (Fsp3) is 0.462. The maximum atomic E-state index is 11.7. The van der Waals surface area contributed by atoms with Gasteiger partial charge in [-0.3, -0.25) is 4.79 Å². The number of ether oxygens (including phenoxy) is 1. The molecule has 16 heavy (non-hydrogen) atoms. The largest absolute Gasteiger partial charge is 0.426 e. The Morgan fingerprint density at radius 1 is 1.25 bits per heavy atom. The van der Waals surface area contributed by atoms with E-state index in [0.29, 0.717) is 11.2 Å². The lowest BCUT2D eigenvalue weighted by molar-refractivity contribution is -0.146. The topological polar surface area (TPSA) is 26.3 Å². The van der Waals surface area contributed by atoms with E-state index in [4.69, 9.17) is 4.74 Å². The molecule has 2 nitrogen and oxygen atoms in total. The minimum absolute atomic E-state index is 0. The number of halogens is 1. The van der Waals surface area contributed by atoms with E-state index in [0.717, 1.165) is 12.8 Å². The van der Waals surface area contributed by atoms with Gasteiger partial charge < -0.3 is 4.74 Å². The Balaban J connectivity index is 0.00000128. The van der Waals surface area contributed by atoms with Gasteiger partial charge >= 0.3 is 5.97 Å². The monoisotopic (exact) mass is 240 g/mol. The first kappa shape index (κ1) is 13.0. The van der Waals surface area contributed by atoms with Crippen LogP contribution in [-0.2, 0) is 4.79 Å². The standard InChI is InChI=1S/C13H16O2.ClH/c1-13(2)8-10(9-13)12(14)15-11-6-4-3-5-7-11;/h3-7,10H,8-9H2,1-2H3;1H. The average Bonchev–Trinajstić information content (AvgIpc) is 2.15. The van der Waals surface area contributed by atoms with Crippen molar-refractivity contribution < 1.29 is 9.53 Å². The summed E-state index contributed by atoms with van der Waals surface area (Å²) in [5, 5.41) is 0. The molecule has 0 heterocycles. The van der Waals surface area contributed by atoms with E-state index in [1.807, 2.05) is 30.3 Å². The molecule has 1 aliphatic carbocycles. The minimum atomic E-state index is -0.0828. The number of hydrogen-bond acceptors (Lipinski definition) is 2. The van der Waals surface area contributed by atoms with Gasteiger partial charge in [0.05, 0.1) is 5.92 Å². The van der Waals surface area contributed by atoms with Gasteiger partial charge in [0.15, 0.2) is 0 Å². The number of esters is 1. The molecule has 1 aromatic rings. The van der Waals surface area contributed by atoms with Crippen molar-refractivity contribution in [3.05, 3.63) is 30.3 Å². The molecule has 1 aliphatic rings. The SMILES string of the molecule is CC1(C)CC(C(=O)Oc2ccccc2)C1.Cl. The van der Waals surface area contributed by atoms with Gasteiger partial charge in [-0.25, -0.2) is 0 Å². The average molecular weight is 241 g/mol. The molecular weight excluding hydrogens is 224 g/mol. The molecule has 0 spiro atoms. The number of carbonyl (C=O) groups excluding carboxylic acids is 1. The van der Waals surface area contributed by atoms with Crippen LogP contribution in [0.3, 0.4) is 0 Å². The van der Waals surface area contributed by atoms with Crippen LogP contribution in [0, 0.1) is 11.3 Å². The first-order chi connectivity index (χ1) is 7.07. The van der Waals surface area contributed by atoms with Crippen molar-refractivity contribution in [3.63, 3.8) is 0 Å². The zero-order valence-corrected chi connectivity index (χ0v) is 10.4. The normalized spacial score (nSPS) is 18.1. The second kappa shape index (κ2) is 4.88. The fourth-order valence-electron chi connectivity index (χ4n) is 2.13. The van der Waals surface area contributed by atoms with Crippen LogP contribution in [0.5, 0.6) is 5.75 Å². The van der Waals surface area contributed by atoms with Crippen molar-refractivity contribution in [3.8, 4) is 5.75 Å². The van der Waals surface area contributed by atoms with Gasteiger partial charge in [-0.05, 0) is 30.4 Å². The molecule has 0 N–H and O–H groups in total. The van der Waals surface area contributed by atoms with E-state index in [1.165, 1.54) is 0 Å². The maximum absolute atomic E-state index is 11.7. The fourth-order valence-corrected chi connectivity index (χ4v) is 2.13. The van der Waals surface area contributed by atoms with Crippen LogP contribution in [0.15, 0.2) is 30.3 Å². The quantitative estimate of drug-likeness (QED) is 0.585. The van der Waals surface area contributed by atoms with Crippen LogP contribution in [0.2, 0.25) is 0 Å². The van der Waals surface area contributed by atoms with Crippen LogP contribution in [0.25, 0.3) is 0 Å².